The van der Waals surface area contributed by atoms with E-state index in [2.05, 4.69) is 20.3 Å². The van der Waals surface area contributed by atoms with E-state index < -0.39 is 0 Å². The molecule has 1 N–H and O–H groups in total. The van der Waals surface area contributed by atoms with Gasteiger partial charge in [0.15, 0.2) is 0 Å². The van der Waals surface area contributed by atoms with Crippen molar-refractivity contribution in [2.75, 3.05) is 12.4 Å². The first-order valence-electron chi connectivity index (χ1n) is 4.84. The number of methoxy groups -OCH3 is 1. The van der Waals surface area contributed by atoms with Gasteiger partial charge >= 0.3 is 0 Å². The second kappa shape index (κ2) is 4.57. The summed E-state index contributed by atoms with van der Waals surface area (Å²) in [6, 6.07) is 5.38. The predicted molar refractivity (Wildman–Crippen MR) is 60.8 cm³/mol. The Bertz CT molecular complexity index is 487. The van der Waals surface area contributed by atoms with Crippen LogP contribution in [0.1, 0.15) is 5.82 Å². The topological polar surface area (TPSA) is 59.9 Å². The van der Waals surface area contributed by atoms with Crippen molar-refractivity contribution < 1.29 is 4.74 Å². The highest BCUT2D eigenvalue weighted by atomic mass is 16.5. The van der Waals surface area contributed by atoms with Crippen LogP contribution in [0.2, 0.25) is 0 Å². The van der Waals surface area contributed by atoms with Gasteiger partial charge in [0.1, 0.15) is 23.2 Å². The van der Waals surface area contributed by atoms with E-state index in [1.54, 1.807) is 37.7 Å². The lowest BCUT2D eigenvalue weighted by atomic mass is 10.4. The normalized spacial score (nSPS) is 9.88. The standard InChI is InChI=1S/C11H12N4O/c1-8-12-6-4-10(14-8)15-11-7-9(16-2)3-5-13-11/h3-7H,1-2H3,(H,12,13,14,15). The summed E-state index contributed by atoms with van der Waals surface area (Å²) in [5.41, 5.74) is 0. The van der Waals surface area contributed by atoms with Crippen molar-refractivity contribution in [3.8, 4) is 5.75 Å². The van der Waals surface area contributed by atoms with Gasteiger partial charge in [0, 0.05) is 18.5 Å². The molecule has 5 heteroatoms. The first-order valence-corrected chi connectivity index (χ1v) is 4.84. The number of aryl methyl sites for hydroxylation is 1. The molecule has 0 atom stereocenters. The smallest absolute Gasteiger partial charge is 0.135 e. The minimum absolute atomic E-state index is 0.692. The van der Waals surface area contributed by atoms with Gasteiger partial charge in [0.2, 0.25) is 0 Å². The Morgan fingerprint density at radius 1 is 1.12 bits per heavy atom. The summed E-state index contributed by atoms with van der Waals surface area (Å²) >= 11 is 0. The van der Waals surface area contributed by atoms with Crippen LogP contribution in [-0.4, -0.2) is 22.1 Å². The molecule has 2 rings (SSSR count). The van der Waals surface area contributed by atoms with E-state index in [9.17, 15) is 0 Å². The van der Waals surface area contributed by atoms with Crippen LogP contribution in [0.3, 0.4) is 0 Å². The molecule has 0 aliphatic rings. The van der Waals surface area contributed by atoms with Crippen molar-refractivity contribution in [3.63, 3.8) is 0 Å². The Labute approximate surface area is 93.5 Å². The summed E-state index contributed by atoms with van der Waals surface area (Å²) in [5.74, 6) is 2.88. The van der Waals surface area contributed by atoms with Crippen molar-refractivity contribution in [2.24, 2.45) is 0 Å². The fourth-order valence-electron chi connectivity index (χ4n) is 1.26. The van der Waals surface area contributed by atoms with Gasteiger partial charge in [-0.25, -0.2) is 15.0 Å². The van der Waals surface area contributed by atoms with Crippen molar-refractivity contribution in [1.29, 1.82) is 0 Å². The zero-order valence-electron chi connectivity index (χ0n) is 9.14. The summed E-state index contributed by atoms with van der Waals surface area (Å²) in [5, 5.41) is 3.08. The second-order valence-electron chi connectivity index (χ2n) is 3.20. The summed E-state index contributed by atoms with van der Waals surface area (Å²) in [7, 11) is 1.62. The van der Waals surface area contributed by atoms with Gasteiger partial charge in [-0.15, -0.1) is 0 Å². The molecule has 0 aromatic carbocycles. The van der Waals surface area contributed by atoms with Gasteiger partial charge in [0.05, 0.1) is 7.11 Å². The zero-order valence-corrected chi connectivity index (χ0v) is 9.14. The minimum Gasteiger partial charge on any atom is -0.497 e. The molecule has 2 aromatic rings. The first-order chi connectivity index (χ1) is 7.78. The number of anilines is 2. The second-order valence-corrected chi connectivity index (χ2v) is 3.20. The number of nitrogens with one attached hydrogen (secondary N) is 1. The number of rotatable bonds is 3. The third-order valence-corrected chi connectivity index (χ3v) is 2.00. The monoisotopic (exact) mass is 216 g/mol. The number of ether oxygens (including phenoxy) is 1. The van der Waals surface area contributed by atoms with Crippen molar-refractivity contribution >= 4 is 11.6 Å². The Balaban J connectivity index is 2.20. The molecule has 0 aliphatic carbocycles. The minimum atomic E-state index is 0.692. The van der Waals surface area contributed by atoms with Crippen LogP contribution < -0.4 is 10.1 Å². The van der Waals surface area contributed by atoms with E-state index in [1.165, 1.54) is 0 Å². The largest absolute Gasteiger partial charge is 0.497 e. The Hall–Kier alpha value is -2.17. The van der Waals surface area contributed by atoms with Crippen LogP contribution in [0.25, 0.3) is 0 Å². The quantitative estimate of drug-likeness (QED) is 0.849. The number of hydrogen-bond acceptors (Lipinski definition) is 5. The van der Waals surface area contributed by atoms with Gasteiger partial charge in [-0.2, -0.15) is 0 Å². The lowest BCUT2D eigenvalue weighted by Crippen LogP contribution is -1.98. The molecule has 0 amide bonds. The van der Waals surface area contributed by atoms with Gasteiger partial charge < -0.3 is 10.1 Å². The number of nitrogens with zero attached hydrogens (tertiary/aromatic N) is 3. The number of hydrogen-bond donors (Lipinski definition) is 1. The van der Waals surface area contributed by atoms with E-state index in [1.807, 2.05) is 6.92 Å². The van der Waals surface area contributed by atoms with Crippen LogP contribution in [0.4, 0.5) is 11.6 Å². The van der Waals surface area contributed by atoms with Crippen LogP contribution >= 0.6 is 0 Å². The fourth-order valence-corrected chi connectivity index (χ4v) is 1.26. The van der Waals surface area contributed by atoms with Crippen LogP contribution in [0, 0.1) is 6.92 Å². The molecule has 0 fully saturated rings. The molecule has 0 aliphatic heterocycles. The summed E-state index contributed by atoms with van der Waals surface area (Å²) in [6.45, 7) is 1.84. The molecule has 2 heterocycles. The van der Waals surface area contributed by atoms with E-state index >= 15 is 0 Å². The lowest BCUT2D eigenvalue weighted by molar-refractivity contribution is 0.414. The van der Waals surface area contributed by atoms with Gasteiger partial charge in [0.25, 0.3) is 0 Å². The molecular formula is C11H12N4O. The maximum atomic E-state index is 5.10. The number of pyridine rings is 1. The molecule has 0 unspecified atom stereocenters. The van der Waals surface area contributed by atoms with Crippen molar-refractivity contribution in [3.05, 3.63) is 36.4 Å². The zero-order chi connectivity index (χ0) is 11.4. The maximum Gasteiger partial charge on any atom is 0.135 e. The molecule has 0 saturated carbocycles. The van der Waals surface area contributed by atoms with Gasteiger partial charge in [-0.05, 0) is 19.1 Å². The summed E-state index contributed by atoms with van der Waals surface area (Å²) in [4.78, 5) is 12.4. The molecule has 0 spiro atoms. The Kier molecular flexibility index (Phi) is 2.95. The SMILES string of the molecule is COc1ccnc(Nc2ccnc(C)n2)c1. The summed E-state index contributed by atoms with van der Waals surface area (Å²) in [6.07, 6.45) is 3.38. The molecule has 5 nitrogen and oxygen atoms in total. The predicted octanol–water partition coefficient (Wildman–Crippen LogP) is 1.93. The van der Waals surface area contributed by atoms with Crippen LogP contribution in [0.15, 0.2) is 30.6 Å². The Morgan fingerprint density at radius 3 is 2.69 bits per heavy atom. The lowest BCUT2D eigenvalue weighted by Gasteiger charge is -2.06. The molecule has 16 heavy (non-hydrogen) atoms. The fraction of sp³-hybridized carbons (Fsp3) is 0.182. The van der Waals surface area contributed by atoms with E-state index in [0.29, 0.717) is 17.5 Å². The third-order valence-electron chi connectivity index (χ3n) is 2.00. The average molecular weight is 216 g/mol. The first kappa shape index (κ1) is 10.4. The summed E-state index contributed by atoms with van der Waals surface area (Å²) < 4.78 is 5.10. The van der Waals surface area contributed by atoms with E-state index in [4.69, 9.17) is 4.74 Å². The highest BCUT2D eigenvalue weighted by Gasteiger charge is 1.99. The maximum absolute atomic E-state index is 5.10. The van der Waals surface area contributed by atoms with Crippen LogP contribution in [-0.2, 0) is 0 Å². The Morgan fingerprint density at radius 2 is 1.94 bits per heavy atom. The van der Waals surface area contributed by atoms with Crippen molar-refractivity contribution in [1.82, 2.24) is 15.0 Å². The number of aromatic nitrogens is 3. The van der Waals surface area contributed by atoms with Crippen molar-refractivity contribution in [2.45, 2.75) is 6.92 Å². The molecule has 0 saturated heterocycles. The van der Waals surface area contributed by atoms with Gasteiger partial charge in [-0.1, -0.05) is 0 Å². The van der Waals surface area contributed by atoms with E-state index in [0.717, 1.165) is 5.75 Å². The highest BCUT2D eigenvalue weighted by molar-refractivity contribution is 5.52. The average Bonchev–Trinajstić information content (AvgIpc) is 2.29. The molecule has 82 valence electrons. The molecule has 2 aromatic heterocycles. The third kappa shape index (κ3) is 2.44. The highest BCUT2D eigenvalue weighted by Crippen LogP contribution is 2.16. The van der Waals surface area contributed by atoms with E-state index in [-0.39, 0.29) is 0 Å². The van der Waals surface area contributed by atoms with Crippen LogP contribution in [0.5, 0.6) is 5.75 Å². The molecule has 0 bridgehead atoms. The molecule has 0 radical (unpaired) electrons. The molecular weight excluding hydrogens is 204 g/mol. The van der Waals surface area contributed by atoms with Gasteiger partial charge in [-0.3, -0.25) is 0 Å².